The molecular weight excluding hydrogens is 380 g/mol. The third kappa shape index (κ3) is 3.62. The van der Waals surface area contributed by atoms with Gasteiger partial charge in [-0.1, -0.05) is 18.9 Å². The highest BCUT2D eigenvalue weighted by Gasteiger charge is 2.42. The minimum Gasteiger partial charge on any atom is -0.345 e. The monoisotopic (exact) mass is 408 g/mol. The van der Waals surface area contributed by atoms with Gasteiger partial charge in [-0.2, -0.15) is 0 Å². The summed E-state index contributed by atoms with van der Waals surface area (Å²) in [5.74, 6) is 1.35. The fourth-order valence-electron chi connectivity index (χ4n) is 4.17. The Kier molecular flexibility index (Phi) is 4.29. The molecule has 2 aliphatic carbocycles. The van der Waals surface area contributed by atoms with Crippen molar-refractivity contribution < 1.29 is 8.42 Å². The highest BCUT2D eigenvalue weighted by Crippen LogP contribution is 2.47. The van der Waals surface area contributed by atoms with Gasteiger partial charge in [0.05, 0.1) is 10.3 Å². The predicted molar refractivity (Wildman–Crippen MR) is 109 cm³/mol. The third-order valence-corrected chi connectivity index (χ3v) is 8.99. The molecule has 8 heteroatoms. The minimum atomic E-state index is -3.48. The lowest BCUT2D eigenvalue weighted by Crippen LogP contribution is -2.43. The quantitative estimate of drug-likeness (QED) is 0.672. The van der Waals surface area contributed by atoms with E-state index in [-0.39, 0.29) is 11.0 Å². The zero-order valence-electron chi connectivity index (χ0n) is 15.9. The minimum absolute atomic E-state index is 0.134. The Morgan fingerprint density at radius 2 is 2.07 bits per heavy atom. The van der Waals surface area contributed by atoms with E-state index in [1.54, 1.807) is 6.07 Å². The number of sulfonamides is 1. The molecular formula is C19H28N4O2S2. The first-order valence-corrected chi connectivity index (χ1v) is 12.4. The Morgan fingerprint density at radius 1 is 1.30 bits per heavy atom. The van der Waals surface area contributed by atoms with Gasteiger partial charge in [0.15, 0.2) is 0 Å². The molecule has 2 aliphatic heterocycles. The molecule has 3 fully saturated rings. The highest BCUT2D eigenvalue weighted by atomic mass is 32.2. The summed E-state index contributed by atoms with van der Waals surface area (Å²) in [4.78, 5) is 2.73. The van der Waals surface area contributed by atoms with Crippen LogP contribution in [0.5, 0.6) is 0 Å². The molecule has 3 unspecified atom stereocenters. The molecule has 0 radical (unpaired) electrons. The standard InChI is InChI=1S/C19H28N4O2S2/c1-12-20-21-18(26-12)23-11-14(9-13-3-4-13)16-6-5-15(10-17(16)23)27(24,25)22-19(2)7-8-19/h5-6,10,12-14,18,20-22H,3-4,7-9,11H2,1-2H3. The van der Waals surface area contributed by atoms with Crippen LogP contribution in [0.25, 0.3) is 0 Å². The molecule has 148 valence electrons. The van der Waals surface area contributed by atoms with Crippen LogP contribution in [0.2, 0.25) is 0 Å². The van der Waals surface area contributed by atoms with Crippen LogP contribution >= 0.6 is 11.8 Å². The second kappa shape index (κ2) is 6.35. The van der Waals surface area contributed by atoms with E-state index in [0.29, 0.717) is 16.2 Å². The molecule has 0 amide bonds. The van der Waals surface area contributed by atoms with Gasteiger partial charge in [-0.05, 0) is 56.7 Å². The second-order valence-corrected chi connectivity index (χ2v) is 11.9. The summed E-state index contributed by atoms with van der Waals surface area (Å²) in [5, 5.41) is 0.337. The number of nitrogens with one attached hydrogen (secondary N) is 3. The summed E-state index contributed by atoms with van der Waals surface area (Å²) in [6.07, 6.45) is 5.73. The van der Waals surface area contributed by atoms with E-state index in [0.717, 1.165) is 31.0 Å². The summed E-state index contributed by atoms with van der Waals surface area (Å²) in [6.45, 7) is 5.07. The van der Waals surface area contributed by atoms with Crippen molar-refractivity contribution >= 4 is 27.5 Å². The Bertz CT molecular complexity index is 851. The maximum absolute atomic E-state index is 12.9. The number of hydrogen-bond donors (Lipinski definition) is 3. The Balaban J connectivity index is 1.47. The van der Waals surface area contributed by atoms with Crippen molar-refractivity contribution in [2.45, 2.75) is 73.2 Å². The number of thioether (sulfide) groups is 1. The highest BCUT2D eigenvalue weighted by molar-refractivity contribution is 8.00. The average molecular weight is 409 g/mol. The molecule has 4 aliphatic rings. The molecule has 1 saturated heterocycles. The van der Waals surface area contributed by atoms with Crippen molar-refractivity contribution in [3.8, 4) is 0 Å². The number of nitrogens with zero attached hydrogens (tertiary/aromatic N) is 1. The molecule has 3 atom stereocenters. The molecule has 1 aromatic carbocycles. The fraction of sp³-hybridized carbons (Fsp3) is 0.684. The van der Waals surface area contributed by atoms with Crippen LogP contribution < -0.4 is 20.5 Å². The van der Waals surface area contributed by atoms with E-state index in [1.165, 1.54) is 24.8 Å². The van der Waals surface area contributed by atoms with Crippen LogP contribution in [0.15, 0.2) is 23.1 Å². The normalized spacial score (nSPS) is 31.9. The van der Waals surface area contributed by atoms with Gasteiger partial charge in [0.25, 0.3) is 0 Å². The summed E-state index contributed by atoms with van der Waals surface area (Å²) in [5.41, 5.74) is 8.89. The zero-order chi connectivity index (χ0) is 18.8. The number of hydrogen-bond acceptors (Lipinski definition) is 6. The first kappa shape index (κ1) is 18.2. The Hall–Kier alpha value is -0.800. The second-order valence-electron chi connectivity index (χ2n) is 8.83. The SMILES string of the molecule is CC1NNC(N2CC(CC3CC3)c3ccc(S(=O)(=O)NC4(C)CC4)cc32)S1. The summed E-state index contributed by atoms with van der Waals surface area (Å²) < 4.78 is 28.6. The van der Waals surface area contributed by atoms with Gasteiger partial charge in [-0.3, -0.25) is 0 Å². The van der Waals surface area contributed by atoms with E-state index in [4.69, 9.17) is 0 Å². The van der Waals surface area contributed by atoms with Gasteiger partial charge in [0, 0.05) is 23.7 Å². The van der Waals surface area contributed by atoms with Crippen molar-refractivity contribution in [3.63, 3.8) is 0 Å². The number of hydrazine groups is 1. The van der Waals surface area contributed by atoms with E-state index in [2.05, 4.69) is 33.5 Å². The molecule has 27 heavy (non-hydrogen) atoms. The van der Waals surface area contributed by atoms with Crippen LogP contribution in [0.1, 0.15) is 57.4 Å². The number of benzene rings is 1. The number of anilines is 1. The van der Waals surface area contributed by atoms with Crippen molar-refractivity contribution in [2.24, 2.45) is 5.92 Å². The predicted octanol–water partition coefficient (Wildman–Crippen LogP) is 2.69. The third-order valence-electron chi connectivity index (χ3n) is 6.20. The van der Waals surface area contributed by atoms with Crippen molar-refractivity contribution in [3.05, 3.63) is 23.8 Å². The smallest absolute Gasteiger partial charge is 0.241 e. The molecule has 0 aromatic heterocycles. The average Bonchev–Trinajstić information content (AvgIpc) is 3.49. The van der Waals surface area contributed by atoms with E-state index < -0.39 is 10.0 Å². The van der Waals surface area contributed by atoms with Crippen LogP contribution in [0.3, 0.4) is 0 Å². The molecule has 6 nitrogen and oxygen atoms in total. The topological polar surface area (TPSA) is 73.5 Å². The molecule has 3 N–H and O–H groups in total. The first-order chi connectivity index (χ1) is 12.8. The lowest BCUT2D eigenvalue weighted by molar-refractivity contribution is 0.517. The first-order valence-electron chi connectivity index (χ1n) is 9.94. The molecule has 2 saturated carbocycles. The zero-order valence-corrected chi connectivity index (χ0v) is 17.5. The van der Waals surface area contributed by atoms with E-state index in [1.807, 2.05) is 24.8 Å². The Morgan fingerprint density at radius 3 is 2.70 bits per heavy atom. The summed E-state index contributed by atoms with van der Waals surface area (Å²) in [7, 11) is -3.48. The molecule has 2 heterocycles. The van der Waals surface area contributed by atoms with E-state index >= 15 is 0 Å². The van der Waals surface area contributed by atoms with Gasteiger partial charge < -0.3 is 4.90 Å². The van der Waals surface area contributed by atoms with Crippen molar-refractivity contribution in [2.75, 3.05) is 11.4 Å². The molecule has 0 bridgehead atoms. The van der Waals surface area contributed by atoms with Crippen LogP contribution in [0, 0.1) is 5.92 Å². The van der Waals surface area contributed by atoms with E-state index in [9.17, 15) is 8.42 Å². The van der Waals surface area contributed by atoms with Crippen LogP contribution in [-0.2, 0) is 10.0 Å². The Labute approximate surface area is 165 Å². The molecule has 1 aromatic rings. The van der Waals surface area contributed by atoms with Gasteiger partial charge in [0.1, 0.15) is 5.50 Å². The van der Waals surface area contributed by atoms with Crippen LogP contribution in [-0.4, -0.2) is 31.4 Å². The molecule has 5 rings (SSSR count). The summed E-state index contributed by atoms with van der Waals surface area (Å²) in [6, 6.07) is 5.75. The van der Waals surface area contributed by atoms with Crippen molar-refractivity contribution in [1.82, 2.24) is 15.6 Å². The largest absolute Gasteiger partial charge is 0.345 e. The van der Waals surface area contributed by atoms with Gasteiger partial charge in [-0.15, -0.1) is 11.8 Å². The van der Waals surface area contributed by atoms with Gasteiger partial charge in [0.2, 0.25) is 10.0 Å². The molecule has 0 spiro atoms. The van der Waals surface area contributed by atoms with Gasteiger partial charge in [-0.25, -0.2) is 24.0 Å². The maximum atomic E-state index is 12.9. The number of fused-ring (bicyclic) bond motifs is 1. The lowest BCUT2D eigenvalue weighted by Gasteiger charge is -2.26. The lowest BCUT2D eigenvalue weighted by atomic mass is 9.96. The van der Waals surface area contributed by atoms with Crippen molar-refractivity contribution in [1.29, 1.82) is 0 Å². The fourth-order valence-corrected chi connectivity index (χ4v) is 6.66. The summed E-state index contributed by atoms with van der Waals surface area (Å²) >= 11 is 1.83. The number of rotatable bonds is 6. The van der Waals surface area contributed by atoms with Gasteiger partial charge >= 0.3 is 0 Å². The van der Waals surface area contributed by atoms with Crippen LogP contribution in [0.4, 0.5) is 5.69 Å². The maximum Gasteiger partial charge on any atom is 0.241 e.